The molecule has 0 radical (unpaired) electrons. The molecule has 1 saturated carbocycles. The Labute approximate surface area is 165 Å². The third-order valence-corrected chi connectivity index (χ3v) is 5.18. The van der Waals surface area contributed by atoms with E-state index < -0.39 is 11.9 Å². The molecule has 1 aromatic heterocycles. The molecule has 3 aromatic rings. The molecule has 4 rings (SSSR count). The minimum atomic E-state index is -4.53. The third-order valence-electron chi connectivity index (χ3n) is 5.18. The summed E-state index contributed by atoms with van der Waals surface area (Å²) >= 11 is 0. The second-order valence-electron chi connectivity index (χ2n) is 6.90. The number of hydrogen-bond donors (Lipinski definition) is 0. The van der Waals surface area contributed by atoms with Crippen molar-refractivity contribution in [2.24, 2.45) is 5.92 Å². The van der Waals surface area contributed by atoms with Crippen LogP contribution in [-0.4, -0.2) is 23.0 Å². The molecule has 3 atom stereocenters. The van der Waals surface area contributed by atoms with Gasteiger partial charge in [-0.3, -0.25) is 4.79 Å². The van der Waals surface area contributed by atoms with E-state index in [9.17, 15) is 18.0 Å². The number of rotatable bonds is 4. The molecule has 1 aliphatic rings. The molecule has 0 saturated heterocycles. The van der Waals surface area contributed by atoms with Gasteiger partial charge in [0, 0.05) is 23.6 Å². The average Bonchev–Trinajstić information content (AvgIpc) is 3.49. The standard InChI is InChI=1S/C22H17F3N2O2/c1-29-21(28)19-17(13-5-3-2-4-6-13)18(19)14-7-9-15(10-8-14)20-26-12-11-16(27-20)22(23,24)25/h2-12,17-19H,1H3/t17-,18-,19-/m1/s1. The van der Waals surface area contributed by atoms with E-state index in [0.717, 1.165) is 23.4 Å². The van der Waals surface area contributed by atoms with Gasteiger partial charge in [0.25, 0.3) is 0 Å². The van der Waals surface area contributed by atoms with Gasteiger partial charge in [-0.2, -0.15) is 13.2 Å². The van der Waals surface area contributed by atoms with Crippen molar-refractivity contribution in [1.82, 2.24) is 9.97 Å². The average molecular weight is 398 g/mol. The van der Waals surface area contributed by atoms with Crippen LogP contribution in [0.25, 0.3) is 11.4 Å². The molecule has 148 valence electrons. The highest BCUT2D eigenvalue weighted by Gasteiger charge is 2.56. The molecular formula is C22H17F3N2O2. The Morgan fingerprint density at radius 1 is 0.931 bits per heavy atom. The molecule has 1 heterocycles. The largest absolute Gasteiger partial charge is 0.469 e. The van der Waals surface area contributed by atoms with Crippen LogP contribution in [0.3, 0.4) is 0 Å². The highest BCUT2D eigenvalue weighted by Crippen LogP contribution is 2.60. The SMILES string of the molecule is COC(=O)[C@@H]1[C@H](c2ccccc2)[C@H]1c1ccc(-c2nccc(C(F)(F)F)n2)cc1. The van der Waals surface area contributed by atoms with Crippen LogP contribution in [0.1, 0.15) is 28.7 Å². The molecular weight excluding hydrogens is 381 g/mol. The van der Waals surface area contributed by atoms with E-state index in [1.807, 2.05) is 42.5 Å². The van der Waals surface area contributed by atoms with E-state index in [1.165, 1.54) is 7.11 Å². The number of nitrogens with zero attached hydrogens (tertiary/aromatic N) is 2. The summed E-state index contributed by atoms with van der Waals surface area (Å²) in [5.41, 5.74) is 1.47. The van der Waals surface area contributed by atoms with Crippen molar-refractivity contribution < 1.29 is 22.7 Å². The van der Waals surface area contributed by atoms with Crippen molar-refractivity contribution >= 4 is 5.97 Å². The fourth-order valence-corrected chi connectivity index (χ4v) is 3.75. The first-order valence-corrected chi connectivity index (χ1v) is 9.03. The lowest BCUT2D eigenvalue weighted by Crippen LogP contribution is -2.09. The number of halogens is 3. The van der Waals surface area contributed by atoms with Crippen LogP contribution >= 0.6 is 0 Å². The number of carbonyl (C=O) groups is 1. The fraction of sp³-hybridized carbons (Fsp3) is 0.227. The zero-order valence-corrected chi connectivity index (χ0v) is 15.4. The third kappa shape index (κ3) is 3.72. The molecule has 0 N–H and O–H groups in total. The second kappa shape index (κ2) is 7.31. The Bertz CT molecular complexity index is 1020. The number of benzene rings is 2. The van der Waals surface area contributed by atoms with E-state index in [4.69, 9.17) is 4.74 Å². The summed E-state index contributed by atoms with van der Waals surface area (Å²) in [5, 5.41) is 0. The predicted molar refractivity (Wildman–Crippen MR) is 99.9 cm³/mol. The summed E-state index contributed by atoms with van der Waals surface area (Å²) < 4.78 is 43.6. The minimum Gasteiger partial charge on any atom is -0.469 e. The summed E-state index contributed by atoms with van der Waals surface area (Å²) in [6.07, 6.45) is -3.43. The number of ether oxygens (including phenoxy) is 1. The zero-order chi connectivity index (χ0) is 20.6. The molecule has 2 aromatic carbocycles. The molecule has 0 aliphatic heterocycles. The summed E-state index contributed by atoms with van der Waals surface area (Å²) in [4.78, 5) is 19.8. The molecule has 0 bridgehead atoms. The van der Waals surface area contributed by atoms with Gasteiger partial charge >= 0.3 is 12.1 Å². The number of carbonyl (C=O) groups excluding carboxylic acids is 1. The van der Waals surface area contributed by atoms with E-state index in [2.05, 4.69) is 9.97 Å². The molecule has 4 nitrogen and oxygen atoms in total. The van der Waals surface area contributed by atoms with Gasteiger partial charge in [-0.05, 0) is 17.2 Å². The summed E-state index contributed by atoms with van der Waals surface area (Å²) in [7, 11) is 1.37. The van der Waals surface area contributed by atoms with E-state index >= 15 is 0 Å². The molecule has 1 aliphatic carbocycles. The first-order chi connectivity index (χ1) is 13.9. The molecule has 0 amide bonds. The minimum absolute atomic E-state index is 0.00583. The fourth-order valence-electron chi connectivity index (χ4n) is 3.75. The van der Waals surface area contributed by atoms with Crippen LogP contribution in [-0.2, 0) is 15.7 Å². The predicted octanol–water partition coefficient (Wildman–Crippen LogP) is 4.83. The molecule has 0 unspecified atom stereocenters. The van der Waals surface area contributed by atoms with Crippen molar-refractivity contribution in [3.63, 3.8) is 0 Å². The Morgan fingerprint density at radius 2 is 1.55 bits per heavy atom. The van der Waals surface area contributed by atoms with Gasteiger partial charge < -0.3 is 4.74 Å². The number of aromatic nitrogens is 2. The summed E-state index contributed by atoms with van der Waals surface area (Å²) in [6, 6.07) is 17.5. The van der Waals surface area contributed by atoms with Crippen molar-refractivity contribution in [2.45, 2.75) is 18.0 Å². The van der Waals surface area contributed by atoms with Gasteiger partial charge in [0.1, 0.15) is 5.69 Å². The maximum absolute atomic E-state index is 12.9. The topological polar surface area (TPSA) is 52.1 Å². The van der Waals surface area contributed by atoms with Gasteiger partial charge in [0.2, 0.25) is 0 Å². The summed E-state index contributed by atoms with van der Waals surface area (Å²) in [6.45, 7) is 0. The maximum atomic E-state index is 12.9. The molecule has 1 fully saturated rings. The van der Waals surface area contributed by atoms with Crippen LogP contribution in [0.4, 0.5) is 13.2 Å². The first-order valence-electron chi connectivity index (χ1n) is 9.03. The van der Waals surface area contributed by atoms with E-state index in [0.29, 0.717) is 5.56 Å². The lowest BCUT2D eigenvalue weighted by atomic mass is 10.0. The maximum Gasteiger partial charge on any atom is 0.433 e. The quantitative estimate of drug-likeness (QED) is 0.591. The molecule has 29 heavy (non-hydrogen) atoms. The van der Waals surface area contributed by atoms with Gasteiger partial charge in [-0.25, -0.2) is 9.97 Å². The van der Waals surface area contributed by atoms with Crippen molar-refractivity contribution in [2.75, 3.05) is 7.11 Å². The van der Waals surface area contributed by atoms with Crippen LogP contribution in [0, 0.1) is 5.92 Å². The zero-order valence-electron chi connectivity index (χ0n) is 15.4. The number of hydrogen-bond acceptors (Lipinski definition) is 4. The van der Waals surface area contributed by atoms with Gasteiger partial charge in [0.05, 0.1) is 13.0 Å². The van der Waals surface area contributed by atoms with E-state index in [-0.39, 0.29) is 29.5 Å². The van der Waals surface area contributed by atoms with Gasteiger partial charge in [-0.15, -0.1) is 0 Å². The Hall–Kier alpha value is -3.22. The highest BCUT2D eigenvalue weighted by atomic mass is 19.4. The van der Waals surface area contributed by atoms with Gasteiger partial charge in [0.15, 0.2) is 5.82 Å². The van der Waals surface area contributed by atoms with Crippen LogP contribution < -0.4 is 0 Å². The van der Waals surface area contributed by atoms with Crippen molar-refractivity contribution in [3.05, 3.63) is 83.7 Å². The van der Waals surface area contributed by atoms with Gasteiger partial charge in [-0.1, -0.05) is 54.6 Å². The van der Waals surface area contributed by atoms with Crippen molar-refractivity contribution in [3.8, 4) is 11.4 Å². The van der Waals surface area contributed by atoms with Crippen LogP contribution in [0.5, 0.6) is 0 Å². The van der Waals surface area contributed by atoms with E-state index in [1.54, 1.807) is 12.1 Å². The number of methoxy groups -OCH3 is 1. The highest BCUT2D eigenvalue weighted by molar-refractivity contribution is 5.80. The van der Waals surface area contributed by atoms with Crippen molar-refractivity contribution in [1.29, 1.82) is 0 Å². The lowest BCUT2D eigenvalue weighted by Gasteiger charge is -2.08. The Balaban J connectivity index is 1.61. The lowest BCUT2D eigenvalue weighted by molar-refractivity contribution is -0.142. The van der Waals surface area contributed by atoms with Crippen LogP contribution in [0.15, 0.2) is 66.9 Å². The molecule has 7 heteroatoms. The summed E-state index contributed by atoms with van der Waals surface area (Å²) in [5.74, 6) is -0.570. The Morgan fingerprint density at radius 3 is 2.14 bits per heavy atom. The number of esters is 1. The number of alkyl halides is 3. The smallest absolute Gasteiger partial charge is 0.433 e. The molecule has 0 spiro atoms. The second-order valence-corrected chi connectivity index (χ2v) is 6.90. The van der Waals surface area contributed by atoms with Crippen LogP contribution in [0.2, 0.25) is 0 Å². The monoisotopic (exact) mass is 398 g/mol. The Kier molecular flexibility index (Phi) is 4.82. The normalized spacial score (nSPS) is 20.9. The first kappa shape index (κ1) is 19.1.